The summed E-state index contributed by atoms with van der Waals surface area (Å²) in [6, 6.07) is 4.89. The molecular weight excluding hydrogens is 300 g/mol. The maximum atomic E-state index is 12.5. The molecule has 3 N–H and O–H groups in total. The second kappa shape index (κ2) is 7.62. The number of nitrogens with one attached hydrogen (secondary N) is 3. The van der Waals surface area contributed by atoms with E-state index in [2.05, 4.69) is 47.1 Å². The number of carbonyl (C=O) groups excluding carboxylic acids is 1. The first kappa shape index (κ1) is 17.4. The second-order valence-corrected chi connectivity index (χ2v) is 7.59. The van der Waals surface area contributed by atoms with Crippen molar-refractivity contribution in [2.45, 2.75) is 69.9 Å². The van der Waals surface area contributed by atoms with Crippen LogP contribution >= 0.6 is 0 Å². The van der Waals surface area contributed by atoms with Crippen molar-refractivity contribution in [3.63, 3.8) is 0 Å². The number of amides is 1. The van der Waals surface area contributed by atoms with Gasteiger partial charge in [0.2, 0.25) is 5.91 Å². The Labute approximate surface area is 145 Å². The highest BCUT2D eigenvalue weighted by molar-refractivity contribution is 5.76. The van der Waals surface area contributed by atoms with Gasteiger partial charge >= 0.3 is 0 Å². The topological polar surface area (TPSA) is 66.0 Å². The molecule has 1 aliphatic carbocycles. The summed E-state index contributed by atoms with van der Waals surface area (Å²) in [5.41, 5.74) is 7.86. The fourth-order valence-corrected chi connectivity index (χ4v) is 4.32. The molecule has 1 saturated carbocycles. The molecule has 3 rings (SSSR count). The predicted molar refractivity (Wildman–Crippen MR) is 95.3 cm³/mol. The number of hydrogen-bond donors (Lipinski definition) is 3. The number of hydrogen-bond acceptors (Lipinski definition) is 4. The van der Waals surface area contributed by atoms with Crippen molar-refractivity contribution in [3.05, 3.63) is 30.1 Å². The highest BCUT2D eigenvalue weighted by Gasteiger charge is 2.35. The van der Waals surface area contributed by atoms with Gasteiger partial charge in [0.25, 0.3) is 0 Å². The van der Waals surface area contributed by atoms with Crippen molar-refractivity contribution < 1.29 is 4.79 Å². The van der Waals surface area contributed by atoms with Crippen molar-refractivity contribution in [2.24, 2.45) is 5.92 Å². The van der Waals surface area contributed by atoms with Gasteiger partial charge < -0.3 is 5.32 Å². The summed E-state index contributed by atoms with van der Waals surface area (Å²) in [7, 11) is 0. The molecule has 1 aliphatic heterocycles. The van der Waals surface area contributed by atoms with Crippen LogP contribution < -0.4 is 16.2 Å². The van der Waals surface area contributed by atoms with E-state index >= 15 is 0 Å². The fourth-order valence-electron chi connectivity index (χ4n) is 4.32. The highest BCUT2D eigenvalue weighted by atomic mass is 16.1. The zero-order chi connectivity index (χ0) is 17.0. The zero-order valence-electron chi connectivity index (χ0n) is 14.8. The maximum absolute atomic E-state index is 12.5. The standard InChI is InChI=1S/C19H30N4O/c1-14-17(15(2)23-22-14)12-18(24)21-13-19(8-4-3-5-9-19)16-6-10-20-11-7-16/h6-7,10-11,14-15,17,22-23H,3-5,8-9,12-13H2,1-2H3,(H,21,24). The SMILES string of the molecule is CC1NNC(C)C1CC(=O)NCC1(c2ccncc2)CCCCC1. The Hall–Kier alpha value is -1.46. The first-order valence-corrected chi connectivity index (χ1v) is 9.29. The highest BCUT2D eigenvalue weighted by Crippen LogP contribution is 2.38. The summed E-state index contributed by atoms with van der Waals surface area (Å²) in [6.45, 7) is 5.01. The van der Waals surface area contributed by atoms with Crippen molar-refractivity contribution in [3.8, 4) is 0 Å². The normalized spacial score (nSPS) is 29.3. The first-order valence-electron chi connectivity index (χ1n) is 9.29. The van der Waals surface area contributed by atoms with E-state index in [0.717, 1.165) is 19.4 Å². The van der Waals surface area contributed by atoms with Crippen molar-refractivity contribution in [1.82, 2.24) is 21.2 Å². The van der Waals surface area contributed by atoms with Crippen LogP contribution in [0.3, 0.4) is 0 Å². The van der Waals surface area contributed by atoms with Gasteiger partial charge in [0, 0.05) is 48.8 Å². The molecule has 2 fully saturated rings. The molecule has 1 aromatic rings. The minimum Gasteiger partial charge on any atom is -0.355 e. The third kappa shape index (κ3) is 3.78. The molecule has 24 heavy (non-hydrogen) atoms. The molecule has 1 amide bonds. The van der Waals surface area contributed by atoms with E-state index in [1.807, 2.05) is 12.4 Å². The molecule has 0 bridgehead atoms. The molecule has 2 atom stereocenters. The molecular formula is C19H30N4O. The number of carbonyl (C=O) groups is 1. The van der Waals surface area contributed by atoms with Gasteiger partial charge in [0.05, 0.1) is 0 Å². The monoisotopic (exact) mass is 330 g/mol. The lowest BCUT2D eigenvalue weighted by Gasteiger charge is -2.38. The molecule has 2 heterocycles. The molecule has 0 radical (unpaired) electrons. The Balaban J connectivity index is 1.62. The van der Waals surface area contributed by atoms with Crippen LogP contribution in [0.2, 0.25) is 0 Å². The number of aromatic nitrogens is 1. The summed E-state index contributed by atoms with van der Waals surface area (Å²) in [4.78, 5) is 16.7. The summed E-state index contributed by atoms with van der Waals surface area (Å²) in [5, 5.41) is 3.24. The van der Waals surface area contributed by atoms with Gasteiger partial charge in [-0.2, -0.15) is 0 Å². The van der Waals surface area contributed by atoms with Gasteiger partial charge in [-0.15, -0.1) is 0 Å². The molecule has 1 saturated heterocycles. The molecule has 132 valence electrons. The Kier molecular flexibility index (Phi) is 5.51. The van der Waals surface area contributed by atoms with Crippen molar-refractivity contribution >= 4 is 5.91 Å². The molecule has 5 nitrogen and oxygen atoms in total. The molecule has 0 aromatic carbocycles. The number of pyridine rings is 1. The number of rotatable bonds is 5. The predicted octanol–water partition coefficient (Wildman–Crippen LogP) is 2.29. The molecule has 2 aliphatic rings. The van der Waals surface area contributed by atoms with Crippen LogP contribution in [-0.2, 0) is 10.2 Å². The van der Waals surface area contributed by atoms with Gasteiger partial charge in [0.15, 0.2) is 0 Å². The van der Waals surface area contributed by atoms with Crippen molar-refractivity contribution in [1.29, 1.82) is 0 Å². The van der Waals surface area contributed by atoms with E-state index < -0.39 is 0 Å². The Morgan fingerprint density at radius 1 is 1.17 bits per heavy atom. The minimum atomic E-state index is 0.0836. The molecule has 0 spiro atoms. The average Bonchev–Trinajstić information content (AvgIpc) is 2.93. The third-order valence-corrected chi connectivity index (χ3v) is 5.97. The van der Waals surface area contributed by atoms with Crippen LogP contribution in [0, 0.1) is 5.92 Å². The van der Waals surface area contributed by atoms with Gasteiger partial charge in [-0.1, -0.05) is 19.3 Å². The van der Waals surface area contributed by atoms with Crippen LogP contribution in [0.4, 0.5) is 0 Å². The Bertz CT molecular complexity index is 532. The summed E-state index contributed by atoms with van der Waals surface area (Å²) in [5.74, 6) is 0.511. The summed E-state index contributed by atoms with van der Waals surface area (Å²) < 4.78 is 0. The minimum absolute atomic E-state index is 0.0836. The van der Waals surface area contributed by atoms with Gasteiger partial charge in [-0.3, -0.25) is 20.6 Å². The first-order chi connectivity index (χ1) is 11.6. The van der Waals surface area contributed by atoms with E-state index in [4.69, 9.17) is 0 Å². The molecule has 5 heteroatoms. The van der Waals surface area contributed by atoms with Crippen LogP contribution in [0.1, 0.15) is 57.9 Å². The van der Waals surface area contributed by atoms with E-state index in [-0.39, 0.29) is 11.3 Å². The largest absolute Gasteiger partial charge is 0.355 e. The number of hydrazine groups is 1. The van der Waals surface area contributed by atoms with Gasteiger partial charge in [0.1, 0.15) is 0 Å². The number of nitrogens with zero attached hydrogens (tertiary/aromatic N) is 1. The van der Waals surface area contributed by atoms with E-state index in [9.17, 15) is 4.79 Å². The summed E-state index contributed by atoms with van der Waals surface area (Å²) in [6.07, 6.45) is 10.4. The third-order valence-electron chi connectivity index (χ3n) is 5.97. The van der Waals surface area contributed by atoms with Crippen LogP contribution in [0.5, 0.6) is 0 Å². The maximum Gasteiger partial charge on any atom is 0.220 e. The van der Waals surface area contributed by atoms with Gasteiger partial charge in [-0.05, 0) is 44.4 Å². The second-order valence-electron chi connectivity index (χ2n) is 7.59. The zero-order valence-corrected chi connectivity index (χ0v) is 14.8. The fraction of sp³-hybridized carbons (Fsp3) is 0.684. The van der Waals surface area contributed by atoms with E-state index in [1.165, 1.54) is 24.8 Å². The molecule has 1 aromatic heterocycles. The smallest absolute Gasteiger partial charge is 0.220 e. The lowest BCUT2D eigenvalue weighted by atomic mass is 9.69. The quantitative estimate of drug-likeness (QED) is 0.775. The Morgan fingerprint density at radius 2 is 1.79 bits per heavy atom. The molecule has 2 unspecified atom stereocenters. The summed E-state index contributed by atoms with van der Waals surface area (Å²) >= 11 is 0. The van der Waals surface area contributed by atoms with E-state index in [0.29, 0.717) is 24.4 Å². The van der Waals surface area contributed by atoms with Crippen LogP contribution in [0.15, 0.2) is 24.5 Å². The lowest BCUT2D eigenvalue weighted by molar-refractivity contribution is -0.122. The van der Waals surface area contributed by atoms with Gasteiger partial charge in [-0.25, -0.2) is 0 Å². The van der Waals surface area contributed by atoms with Crippen LogP contribution in [0.25, 0.3) is 0 Å². The Morgan fingerprint density at radius 3 is 2.42 bits per heavy atom. The van der Waals surface area contributed by atoms with Crippen molar-refractivity contribution in [2.75, 3.05) is 6.54 Å². The van der Waals surface area contributed by atoms with E-state index in [1.54, 1.807) is 0 Å². The average molecular weight is 330 g/mol. The lowest BCUT2D eigenvalue weighted by Crippen LogP contribution is -2.43. The van der Waals surface area contributed by atoms with Crippen LogP contribution in [-0.4, -0.2) is 29.5 Å².